The van der Waals surface area contributed by atoms with Crippen molar-refractivity contribution in [1.29, 1.82) is 0 Å². The molecule has 3 atom stereocenters. The van der Waals surface area contributed by atoms with E-state index < -0.39 is 18.0 Å². The van der Waals surface area contributed by atoms with E-state index in [0.29, 0.717) is 31.8 Å². The molecule has 1 saturated heterocycles. The molecule has 22 heavy (non-hydrogen) atoms. The lowest BCUT2D eigenvalue weighted by Gasteiger charge is -2.39. The SMILES string of the molecule is CNCC1CCCN(C(=O)C2CCCCC2C(F)(F)F)C1.Cl. The third kappa shape index (κ3) is 4.75. The molecule has 0 spiro atoms. The molecule has 2 fully saturated rings. The summed E-state index contributed by atoms with van der Waals surface area (Å²) >= 11 is 0. The molecule has 1 N–H and O–H groups in total. The molecule has 1 amide bonds. The molecule has 0 radical (unpaired) electrons. The maximum atomic E-state index is 13.1. The highest BCUT2D eigenvalue weighted by Gasteiger charge is 2.49. The second-order valence-electron chi connectivity index (χ2n) is 6.39. The number of piperidine rings is 1. The van der Waals surface area contributed by atoms with Gasteiger partial charge in [0.1, 0.15) is 0 Å². The number of nitrogens with zero attached hydrogens (tertiary/aromatic N) is 1. The van der Waals surface area contributed by atoms with Crippen LogP contribution < -0.4 is 5.32 Å². The second-order valence-corrected chi connectivity index (χ2v) is 6.39. The Morgan fingerprint density at radius 3 is 2.50 bits per heavy atom. The van der Waals surface area contributed by atoms with Crippen molar-refractivity contribution in [2.24, 2.45) is 17.8 Å². The van der Waals surface area contributed by atoms with Crippen molar-refractivity contribution < 1.29 is 18.0 Å². The lowest BCUT2D eigenvalue weighted by Crippen LogP contribution is -2.49. The van der Waals surface area contributed by atoms with Crippen LogP contribution in [0.25, 0.3) is 0 Å². The van der Waals surface area contributed by atoms with Crippen molar-refractivity contribution in [3.05, 3.63) is 0 Å². The number of hydrogen-bond acceptors (Lipinski definition) is 2. The van der Waals surface area contributed by atoms with Crippen LogP contribution in [0, 0.1) is 17.8 Å². The number of hydrogen-bond donors (Lipinski definition) is 1. The zero-order chi connectivity index (χ0) is 15.5. The van der Waals surface area contributed by atoms with Crippen LogP contribution in [-0.2, 0) is 4.79 Å². The van der Waals surface area contributed by atoms with Crippen LogP contribution in [0.4, 0.5) is 13.2 Å². The lowest BCUT2D eigenvalue weighted by atomic mass is 9.77. The first kappa shape index (κ1) is 19.6. The van der Waals surface area contributed by atoms with Crippen LogP contribution in [0.5, 0.6) is 0 Å². The van der Waals surface area contributed by atoms with E-state index in [4.69, 9.17) is 0 Å². The van der Waals surface area contributed by atoms with E-state index in [1.165, 1.54) is 0 Å². The molecular weight excluding hydrogens is 317 g/mol. The Kier molecular flexibility index (Phi) is 7.46. The molecule has 1 heterocycles. The second kappa shape index (κ2) is 8.39. The van der Waals surface area contributed by atoms with Gasteiger partial charge in [-0.2, -0.15) is 13.2 Å². The molecule has 0 aromatic heterocycles. The molecule has 0 bridgehead atoms. The third-order valence-corrected chi connectivity index (χ3v) is 4.83. The summed E-state index contributed by atoms with van der Waals surface area (Å²) in [6.07, 6.45) is -0.516. The van der Waals surface area contributed by atoms with Gasteiger partial charge >= 0.3 is 6.18 Å². The number of rotatable bonds is 3. The fourth-order valence-electron chi connectivity index (χ4n) is 3.77. The van der Waals surface area contributed by atoms with Crippen molar-refractivity contribution >= 4 is 18.3 Å². The largest absolute Gasteiger partial charge is 0.392 e. The Labute approximate surface area is 136 Å². The minimum absolute atomic E-state index is 0. The highest BCUT2D eigenvalue weighted by atomic mass is 35.5. The van der Waals surface area contributed by atoms with Gasteiger partial charge in [0, 0.05) is 19.0 Å². The Morgan fingerprint density at radius 1 is 1.18 bits per heavy atom. The predicted molar refractivity (Wildman–Crippen MR) is 82.0 cm³/mol. The van der Waals surface area contributed by atoms with Gasteiger partial charge in [0.15, 0.2) is 0 Å². The number of alkyl halides is 3. The van der Waals surface area contributed by atoms with Crippen LogP contribution in [0.2, 0.25) is 0 Å². The Bertz CT molecular complexity index is 363. The molecule has 0 aromatic rings. The summed E-state index contributed by atoms with van der Waals surface area (Å²) in [6.45, 7) is 2.03. The van der Waals surface area contributed by atoms with Gasteiger partial charge in [-0.25, -0.2) is 0 Å². The smallest absolute Gasteiger partial charge is 0.342 e. The van der Waals surface area contributed by atoms with E-state index in [9.17, 15) is 18.0 Å². The molecule has 3 unspecified atom stereocenters. The number of carbonyl (C=O) groups excluding carboxylic acids is 1. The fourth-order valence-corrected chi connectivity index (χ4v) is 3.77. The topological polar surface area (TPSA) is 32.3 Å². The standard InChI is InChI=1S/C15H25F3N2O.ClH/c1-19-9-11-5-4-8-20(10-11)14(21)12-6-2-3-7-13(12)15(16,17)18;/h11-13,19H,2-10H2,1H3;1H. The monoisotopic (exact) mass is 342 g/mol. The number of amides is 1. The van der Waals surface area contributed by atoms with Crippen LogP contribution in [0.3, 0.4) is 0 Å². The van der Waals surface area contributed by atoms with Crippen molar-refractivity contribution in [3.8, 4) is 0 Å². The average Bonchev–Trinajstić information content (AvgIpc) is 2.46. The highest BCUT2D eigenvalue weighted by Crippen LogP contribution is 2.42. The molecule has 1 aliphatic carbocycles. The number of nitrogens with one attached hydrogen (secondary N) is 1. The minimum Gasteiger partial charge on any atom is -0.342 e. The molecule has 1 saturated carbocycles. The van der Waals surface area contributed by atoms with Crippen LogP contribution in [0.1, 0.15) is 38.5 Å². The van der Waals surface area contributed by atoms with E-state index >= 15 is 0 Å². The first-order valence-corrected chi connectivity index (χ1v) is 7.93. The summed E-state index contributed by atoms with van der Waals surface area (Å²) in [5, 5.41) is 3.09. The van der Waals surface area contributed by atoms with Crippen molar-refractivity contribution in [3.63, 3.8) is 0 Å². The van der Waals surface area contributed by atoms with Crippen molar-refractivity contribution in [2.75, 3.05) is 26.7 Å². The minimum atomic E-state index is -4.25. The number of halogens is 4. The highest BCUT2D eigenvalue weighted by molar-refractivity contribution is 5.85. The quantitative estimate of drug-likeness (QED) is 0.854. The van der Waals surface area contributed by atoms with Gasteiger partial charge < -0.3 is 10.2 Å². The van der Waals surface area contributed by atoms with Gasteiger partial charge in [-0.1, -0.05) is 12.8 Å². The number of carbonyl (C=O) groups is 1. The zero-order valence-electron chi connectivity index (χ0n) is 13.0. The molecule has 130 valence electrons. The lowest BCUT2D eigenvalue weighted by molar-refractivity contribution is -0.201. The number of likely N-dealkylation sites (tertiary alicyclic amines) is 1. The maximum Gasteiger partial charge on any atom is 0.392 e. The van der Waals surface area contributed by atoms with Gasteiger partial charge in [0.25, 0.3) is 0 Å². The maximum absolute atomic E-state index is 13.1. The van der Waals surface area contributed by atoms with Gasteiger partial charge in [0.05, 0.1) is 5.92 Å². The van der Waals surface area contributed by atoms with Crippen molar-refractivity contribution in [2.45, 2.75) is 44.7 Å². The van der Waals surface area contributed by atoms with Gasteiger partial charge in [-0.15, -0.1) is 12.4 Å². The van der Waals surface area contributed by atoms with Crippen LogP contribution in [0.15, 0.2) is 0 Å². The molecule has 0 aromatic carbocycles. The van der Waals surface area contributed by atoms with E-state index in [1.54, 1.807) is 4.90 Å². The summed E-state index contributed by atoms with van der Waals surface area (Å²) in [5.41, 5.74) is 0. The van der Waals surface area contributed by atoms with Crippen LogP contribution in [-0.4, -0.2) is 43.7 Å². The van der Waals surface area contributed by atoms with Crippen LogP contribution >= 0.6 is 12.4 Å². The summed E-state index contributed by atoms with van der Waals surface area (Å²) in [5.74, 6) is -2.20. The first-order valence-electron chi connectivity index (χ1n) is 7.93. The zero-order valence-corrected chi connectivity index (χ0v) is 13.8. The van der Waals surface area contributed by atoms with Crippen molar-refractivity contribution in [1.82, 2.24) is 10.2 Å². The average molecular weight is 343 g/mol. The van der Waals surface area contributed by atoms with Gasteiger partial charge in [0.2, 0.25) is 5.91 Å². The molecule has 3 nitrogen and oxygen atoms in total. The van der Waals surface area contributed by atoms with Gasteiger partial charge in [-0.3, -0.25) is 4.79 Å². The van der Waals surface area contributed by atoms with E-state index in [2.05, 4.69) is 5.32 Å². The Morgan fingerprint density at radius 2 is 1.86 bits per heavy atom. The molecule has 1 aliphatic heterocycles. The Balaban J connectivity index is 0.00000242. The van der Waals surface area contributed by atoms with Gasteiger partial charge in [-0.05, 0) is 45.2 Å². The molecule has 2 aliphatic rings. The molecular formula is C15H26ClF3N2O. The summed E-state index contributed by atoms with van der Waals surface area (Å²) in [4.78, 5) is 14.2. The van der Waals surface area contributed by atoms with E-state index in [-0.39, 0.29) is 24.7 Å². The summed E-state index contributed by atoms with van der Waals surface area (Å²) in [6, 6.07) is 0. The Hall–Kier alpha value is -0.490. The first-order chi connectivity index (χ1) is 9.93. The summed E-state index contributed by atoms with van der Waals surface area (Å²) < 4.78 is 39.4. The van der Waals surface area contributed by atoms with E-state index in [1.807, 2.05) is 7.05 Å². The van der Waals surface area contributed by atoms with E-state index in [0.717, 1.165) is 25.8 Å². The fraction of sp³-hybridized carbons (Fsp3) is 0.933. The summed E-state index contributed by atoms with van der Waals surface area (Å²) in [7, 11) is 1.86. The normalized spacial score (nSPS) is 29.8. The molecule has 7 heteroatoms. The third-order valence-electron chi connectivity index (χ3n) is 4.83. The molecule has 2 rings (SSSR count). The predicted octanol–water partition coefficient (Wildman–Crippen LogP) is 3.23.